The Morgan fingerprint density at radius 2 is 1.95 bits per heavy atom. The molecule has 0 saturated carbocycles. The number of rotatable bonds is 10. The number of ether oxygens (including phenoxy) is 1. The van der Waals surface area contributed by atoms with Crippen LogP contribution >= 0.6 is 0 Å². The molecular formula is C17H36N4O. The van der Waals surface area contributed by atoms with Gasteiger partial charge in [0.05, 0.1) is 0 Å². The average Bonchev–Trinajstić information content (AvgIpc) is 2.54. The molecule has 1 unspecified atom stereocenters. The highest BCUT2D eigenvalue weighted by atomic mass is 16.5. The summed E-state index contributed by atoms with van der Waals surface area (Å²) >= 11 is 0. The summed E-state index contributed by atoms with van der Waals surface area (Å²) in [4.78, 5) is 6.89. The lowest BCUT2D eigenvalue weighted by molar-refractivity contribution is 0.145. The van der Waals surface area contributed by atoms with E-state index in [1.165, 1.54) is 45.2 Å². The van der Waals surface area contributed by atoms with Crippen molar-refractivity contribution in [3.8, 4) is 0 Å². The fourth-order valence-corrected chi connectivity index (χ4v) is 2.88. The molecule has 0 aromatic carbocycles. The van der Waals surface area contributed by atoms with Crippen LogP contribution in [0.4, 0.5) is 0 Å². The standard InChI is InChI=1S/C17H36N4O/c1-4-22-15-9-12-20-17(18-3)19-11-6-8-14-21-13-7-5-10-16(21)2/h16H,4-15H2,1-3H3,(H2,18,19,20). The molecule has 0 aromatic rings. The summed E-state index contributed by atoms with van der Waals surface area (Å²) in [6.07, 6.45) is 7.63. The Morgan fingerprint density at radius 3 is 2.64 bits per heavy atom. The first-order valence-electron chi connectivity index (χ1n) is 9.04. The number of guanidine groups is 1. The van der Waals surface area contributed by atoms with Crippen LogP contribution in [0.25, 0.3) is 0 Å². The Hall–Kier alpha value is -0.810. The molecule has 0 bridgehead atoms. The van der Waals surface area contributed by atoms with E-state index in [-0.39, 0.29) is 0 Å². The monoisotopic (exact) mass is 312 g/mol. The Morgan fingerprint density at radius 1 is 1.18 bits per heavy atom. The molecule has 5 heteroatoms. The summed E-state index contributed by atoms with van der Waals surface area (Å²) in [6, 6.07) is 0.779. The van der Waals surface area contributed by atoms with Gasteiger partial charge >= 0.3 is 0 Å². The third-order valence-electron chi connectivity index (χ3n) is 4.29. The summed E-state index contributed by atoms with van der Waals surface area (Å²) < 4.78 is 5.32. The van der Waals surface area contributed by atoms with Crippen LogP contribution in [0.15, 0.2) is 4.99 Å². The quantitative estimate of drug-likeness (QED) is 0.369. The number of hydrogen-bond acceptors (Lipinski definition) is 3. The van der Waals surface area contributed by atoms with Crippen molar-refractivity contribution in [2.45, 2.75) is 58.4 Å². The second-order valence-corrected chi connectivity index (χ2v) is 6.06. The second kappa shape index (κ2) is 12.7. The molecule has 130 valence electrons. The fourth-order valence-electron chi connectivity index (χ4n) is 2.88. The van der Waals surface area contributed by atoms with Gasteiger partial charge in [0.15, 0.2) is 5.96 Å². The highest BCUT2D eigenvalue weighted by molar-refractivity contribution is 5.79. The summed E-state index contributed by atoms with van der Waals surface area (Å²) in [5, 5.41) is 6.71. The van der Waals surface area contributed by atoms with Gasteiger partial charge in [0.2, 0.25) is 0 Å². The Kier molecular flexibility index (Phi) is 11.1. The van der Waals surface area contributed by atoms with E-state index in [2.05, 4.69) is 27.4 Å². The molecule has 0 aliphatic carbocycles. The molecule has 0 amide bonds. The molecule has 1 fully saturated rings. The van der Waals surface area contributed by atoms with E-state index in [1.54, 1.807) is 0 Å². The highest BCUT2D eigenvalue weighted by Crippen LogP contribution is 2.16. The Labute approximate surface area is 136 Å². The maximum atomic E-state index is 5.32. The smallest absolute Gasteiger partial charge is 0.190 e. The van der Waals surface area contributed by atoms with Crippen LogP contribution in [-0.2, 0) is 4.74 Å². The van der Waals surface area contributed by atoms with Gasteiger partial charge in [0, 0.05) is 39.4 Å². The zero-order chi connectivity index (χ0) is 16.0. The molecule has 1 rings (SSSR count). The van der Waals surface area contributed by atoms with Gasteiger partial charge in [-0.15, -0.1) is 0 Å². The Balaban J connectivity index is 1.99. The number of hydrogen-bond donors (Lipinski definition) is 2. The largest absolute Gasteiger partial charge is 0.382 e. The number of nitrogens with zero attached hydrogens (tertiary/aromatic N) is 2. The van der Waals surface area contributed by atoms with E-state index in [0.717, 1.165) is 44.7 Å². The van der Waals surface area contributed by atoms with Crippen LogP contribution in [0.2, 0.25) is 0 Å². The molecule has 0 aromatic heterocycles. The number of aliphatic imine (C=N–C) groups is 1. The SMILES string of the molecule is CCOCCCNC(=NC)NCCCCN1CCCCC1C. The van der Waals surface area contributed by atoms with Crippen molar-refractivity contribution in [2.75, 3.05) is 46.4 Å². The van der Waals surface area contributed by atoms with E-state index in [9.17, 15) is 0 Å². The van der Waals surface area contributed by atoms with Crippen LogP contribution in [0, 0.1) is 0 Å². The van der Waals surface area contributed by atoms with Gasteiger partial charge in [0.25, 0.3) is 0 Å². The number of nitrogens with one attached hydrogen (secondary N) is 2. The van der Waals surface area contributed by atoms with E-state index in [4.69, 9.17) is 4.74 Å². The minimum Gasteiger partial charge on any atom is -0.382 e. The number of likely N-dealkylation sites (tertiary alicyclic amines) is 1. The molecule has 22 heavy (non-hydrogen) atoms. The van der Waals surface area contributed by atoms with Crippen LogP contribution in [0.3, 0.4) is 0 Å². The van der Waals surface area contributed by atoms with Gasteiger partial charge in [-0.05, 0) is 59.0 Å². The molecule has 1 aliphatic heterocycles. The molecule has 5 nitrogen and oxygen atoms in total. The van der Waals surface area contributed by atoms with Gasteiger partial charge in [-0.25, -0.2) is 0 Å². The summed E-state index contributed by atoms with van der Waals surface area (Å²) in [5.74, 6) is 0.905. The third kappa shape index (κ3) is 8.59. The molecule has 0 radical (unpaired) electrons. The first-order chi connectivity index (χ1) is 10.8. The van der Waals surface area contributed by atoms with Gasteiger partial charge in [-0.3, -0.25) is 4.99 Å². The minimum atomic E-state index is 0.779. The Bertz CT molecular complexity index is 296. The van der Waals surface area contributed by atoms with E-state index < -0.39 is 0 Å². The van der Waals surface area contributed by atoms with Crippen molar-refractivity contribution >= 4 is 5.96 Å². The number of piperidine rings is 1. The molecule has 0 spiro atoms. The predicted molar refractivity (Wildman–Crippen MR) is 94.6 cm³/mol. The maximum absolute atomic E-state index is 5.32. The molecule has 1 saturated heterocycles. The molecule has 1 aliphatic rings. The van der Waals surface area contributed by atoms with Crippen molar-refractivity contribution in [3.63, 3.8) is 0 Å². The fraction of sp³-hybridized carbons (Fsp3) is 0.941. The summed E-state index contributed by atoms with van der Waals surface area (Å²) in [6.45, 7) is 10.4. The minimum absolute atomic E-state index is 0.779. The molecule has 1 heterocycles. The number of unbranched alkanes of at least 4 members (excludes halogenated alkanes) is 1. The van der Waals surface area contributed by atoms with Crippen molar-refractivity contribution in [1.29, 1.82) is 0 Å². The normalized spacial score (nSPS) is 20.1. The van der Waals surface area contributed by atoms with Crippen molar-refractivity contribution in [1.82, 2.24) is 15.5 Å². The van der Waals surface area contributed by atoms with Crippen molar-refractivity contribution < 1.29 is 4.74 Å². The van der Waals surface area contributed by atoms with Crippen LogP contribution in [-0.4, -0.2) is 63.3 Å². The lowest BCUT2D eigenvalue weighted by Gasteiger charge is -2.33. The molecule has 1 atom stereocenters. The topological polar surface area (TPSA) is 48.9 Å². The van der Waals surface area contributed by atoms with Gasteiger partial charge < -0.3 is 20.3 Å². The van der Waals surface area contributed by atoms with Crippen molar-refractivity contribution in [3.05, 3.63) is 0 Å². The first kappa shape index (κ1) is 19.2. The zero-order valence-corrected chi connectivity index (χ0v) is 14.9. The van der Waals surface area contributed by atoms with E-state index >= 15 is 0 Å². The van der Waals surface area contributed by atoms with E-state index in [0.29, 0.717) is 0 Å². The van der Waals surface area contributed by atoms with Crippen molar-refractivity contribution in [2.24, 2.45) is 4.99 Å². The van der Waals surface area contributed by atoms with Gasteiger partial charge in [-0.2, -0.15) is 0 Å². The summed E-state index contributed by atoms with van der Waals surface area (Å²) in [5.41, 5.74) is 0. The predicted octanol–water partition coefficient (Wildman–Crippen LogP) is 2.23. The van der Waals surface area contributed by atoms with E-state index in [1.807, 2.05) is 14.0 Å². The van der Waals surface area contributed by atoms with Gasteiger partial charge in [0.1, 0.15) is 0 Å². The second-order valence-electron chi connectivity index (χ2n) is 6.06. The summed E-state index contributed by atoms with van der Waals surface area (Å²) in [7, 11) is 1.83. The molecule has 2 N–H and O–H groups in total. The lowest BCUT2D eigenvalue weighted by atomic mass is 10.0. The lowest BCUT2D eigenvalue weighted by Crippen LogP contribution is -2.39. The average molecular weight is 313 g/mol. The zero-order valence-electron chi connectivity index (χ0n) is 14.9. The maximum Gasteiger partial charge on any atom is 0.190 e. The van der Waals surface area contributed by atoms with Gasteiger partial charge in [-0.1, -0.05) is 6.42 Å². The third-order valence-corrected chi connectivity index (χ3v) is 4.29. The highest BCUT2D eigenvalue weighted by Gasteiger charge is 2.16. The first-order valence-corrected chi connectivity index (χ1v) is 9.04. The van der Waals surface area contributed by atoms with Crippen LogP contribution < -0.4 is 10.6 Å². The molecular weight excluding hydrogens is 276 g/mol. The van der Waals surface area contributed by atoms with Crippen LogP contribution in [0.1, 0.15) is 52.4 Å². The van der Waals surface area contributed by atoms with Crippen LogP contribution in [0.5, 0.6) is 0 Å².